The summed E-state index contributed by atoms with van der Waals surface area (Å²) in [5.41, 5.74) is 3.42. The third-order valence-corrected chi connectivity index (χ3v) is 3.87. The van der Waals surface area contributed by atoms with Gasteiger partial charge in [-0.15, -0.1) is 5.10 Å². The van der Waals surface area contributed by atoms with Gasteiger partial charge in [-0.2, -0.15) is 4.98 Å². The Kier molecular flexibility index (Phi) is 4.66. The minimum Gasteiger partial charge on any atom is -0.330 e. The lowest BCUT2D eigenvalue weighted by Crippen LogP contribution is -2.35. The monoisotopic (exact) mass is 352 g/mol. The lowest BCUT2D eigenvalue weighted by molar-refractivity contribution is -0.116. The molecule has 0 unspecified atom stereocenters. The zero-order valence-electron chi connectivity index (χ0n) is 15.1. The van der Waals surface area contributed by atoms with Crippen molar-refractivity contribution in [1.82, 2.24) is 24.5 Å². The summed E-state index contributed by atoms with van der Waals surface area (Å²) in [5.74, 6) is -0.356. The number of hydrogen-bond acceptors (Lipinski definition) is 5. The number of carbonyl (C=O) groups is 2. The molecule has 8 heteroatoms. The Morgan fingerprint density at radius 1 is 1.12 bits per heavy atom. The van der Waals surface area contributed by atoms with Crippen LogP contribution in [-0.2, 0) is 4.79 Å². The second-order valence-electron chi connectivity index (χ2n) is 6.26. The number of aromatic nitrogens is 4. The predicted octanol–water partition coefficient (Wildman–Crippen LogP) is 1.76. The van der Waals surface area contributed by atoms with E-state index >= 15 is 0 Å². The quantitative estimate of drug-likeness (QED) is 0.772. The van der Waals surface area contributed by atoms with Crippen molar-refractivity contribution in [1.29, 1.82) is 0 Å². The molecule has 2 heterocycles. The molecule has 0 spiro atoms. The van der Waals surface area contributed by atoms with Crippen LogP contribution in [0.3, 0.4) is 0 Å². The van der Waals surface area contributed by atoms with Gasteiger partial charge in [-0.3, -0.25) is 9.59 Å². The Balaban J connectivity index is 1.70. The van der Waals surface area contributed by atoms with E-state index in [1.54, 1.807) is 0 Å². The fourth-order valence-electron chi connectivity index (χ4n) is 2.55. The van der Waals surface area contributed by atoms with Gasteiger partial charge in [-0.05, 0) is 39.0 Å². The van der Waals surface area contributed by atoms with Gasteiger partial charge in [-0.25, -0.2) is 9.50 Å². The van der Waals surface area contributed by atoms with Gasteiger partial charge in [0, 0.05) is 24.1 Å². The predicted molar refractivity (Wildman–Crippen MR) is 97.0 cm³/mol. The molecule has 3 rings (SSSR count). The molecule has 0 aliphatic carbocycles. The SMILES string of the molecule is Cc1ccc(NC(=O)CN(C)C(=O)c2nc3nc(C)cc(C)n3n2)cc1. The second-order valence-corrected chi connectivity index (χ2v) is 6.26. The number of hydrogen-bond donors (Lipinski definition) is 1. The second kappa shape index (κ2) is 6.91. The standard InChI is InChI=1S/C18H20N6O2/c1-11-5-7-14(8-6-11)20-15(25)10-23(4)17(26)16-21-18-19-12(2)9-13(3)24(18)22-16/h5-9H,10H2,1-4H3,(H,20,25). The molecule has 0 atom stereocenters. The van der Waals surface area contributed by atoms with Gasteiger partial charge < -0.3 is 10.2 Å². The van der Waals surface area contributed by atoms with Crippen molar-refractivity contribution in [2.75, 3.05) is 18.9 Å². The number of likely N-dealkylation sites (N-methyl/N-ethyl adjacent to an activating group) is 1. The Morgan fingerprint density at radius 3 is 2.50 bits per heavy atom. The van der Waals surface area contributed by atoms with E-state index < -0.39 is 5.91 Å². The molecule has 0 fully saturated rings. The molecule has 3 aromatic rings. The van der Waals surface area contributed by atoms with Crippen LogP contribution < -0.4 is 5.32 Å². The molecule has 1 aromatic carbocycles. The Hall–Kier alpha value is -3.29. The van der Waals surface area contributed by atoms with Crippen molar-refractivity contribution in [2.24, 2.45) is 0 Å². The Bertz CT molecular complexity index is 977. The number of aryl methyl sites for hydroxylation is 3. The first-order valence-corrected chi connectivity index (χ1v) is 8.16. The summed E-state index contributed by atoms with van der Waals surface area (Å²) in [6, 6.07) is 9.30. The minimum absolute atomic E-state index is 0.0110. The van der Waals surface area contributed by atoms with E-state index in [1.165, 1.54) is 16.5 Å². The highest BCUT2D eigenvalue weighted by Gasteiger charge is 2.20. The summed E-state index contributed by atoms with van der Waals surface area (Å²) < 4.78 is 1.51. The van der Waals surface area contributed by atoms with Crippen molar-refractivity contribution < 1.29 is 9.59 Å². The van der Waals surface area contributed by atoms with Crippen LogP contribution in [0.25, 0.3) is 5.78 Å². The minimum atomic E-state index is -0.438. The van der Waals surface area contributed by atoms with E-state index in [0.29, 0.717) is 11.5 Å². The lowest BCUT2D eigenvalue weighted by atomic mass is 10.2. The molecule has 0 aliphatic heterocycles. The highest BCUT2D eigenvalue weighted by Crippen LogP contribution is 2.09. The molecule has 0 saturated carbocycles. The average Bonchev–Trinajstić information content (AvgIpc) is 3.00. The normalized spacial score (nSPS) is 10.8. The zero-order chi connectivity index (χ0) is 18.8. The van der Waals surface area contributed by atoms with E-state index in [4.69, 9.17) is 0 Å². The Morgan fingerprint density at radius 2 is 1.81 bits per heavy atom. The van der Waals surface area contributed by atoms with Crippen LogP contribution in [0.2, 0.25) is 0 Å². The Labute approximate surface area is 150 Å². The zero-order valence-corrected chi connectivity index (χ0v) is 15.1. The largest absolute Gasteiger partial charge is 0.330 e. The van der Waals surface area contributed by atoms with Gasteiger partial charge in [-0.1, -0.05) is 17.7 Å². The van der Waals surface area contributed by atoms with Crippen molar-refractivity contribution >= 4 is 23.3 Å². The number of carbonyl (C=O) groups excluding carboxylic acids is 2. The van der Waals surface area contributed by atoms with Crippen molar-refractivity contribution in [2.45, 2.75) is 20.8 Å². The van der Waals surface area contributed by atoms with Crippen molar-refractivity contribution in [3.05, 3.63) is 53.1 Å². The van der Waals surface area contributed by atoms with Crippen LogP contribution >= 0.6 is 0 Å². The summed E-state index contributed by atoms with van der Waals surface area (Å²) >= 11 is 0. The van der Waals surface area contributed by atoms with Gasteiger partial charge in [0.15, 0.2) is 0 Å². The molecule has 2 amide bonds. The van der Waals surface area contributed by atoms with E-state index in [2.05, 4.69) is 20.4 Å². The number of fused-ring (bicyclic) bond motifs is 1. The first kappa shape index (κ1) is 17.5. The van der Waals surface area contributed by atoms with Crippen molar-refractivity contribution in [3.8, 4) is 0 Å². The number of benzene rings is 1. The molecule has 134 valence electrons. The number of anilines is 1. The molecular weight excluding hydrogens is 332 g/mol. The first-order chi connectivity index (χ1) is 12.3. The van der Waals surface area contributed by atoms with Crippen LogP contribution in [0.5, 0.6) is 0 Å². The van der Waals surface area contributed by atoms with Gasteiger partial charge in [0.1, 0.15) is 0 Å². The summed E-state index contributed by atoms with van der Waals surface area (Å²) in [4.78, 5) is 34.4. The molecule has 0 saturated heterocycles. The molecule has 0 bridgehead atoms. The third-order valence-electron chi connectivity index (χ3n) is 3.87. The van der Waals surface area contributed by atoms with Crippen LogP contribution in [0.4, 0.5) is 5.69 Å². The maximum atomic E-state index is 12.5. The molecule has 26 heavy (non-hydrogen) atoms. The van der Waals surface area contributed by atoms with E-state index in [0.717, 1.165) is 17.0 Å². The first-order valence-electron chi connectivity index (χ1n) is 8.16. The van der Waals surface area contributed by atoms with Gasteiger partial charge in [0.2, 0.25) is 11.7 Å². The summed E-state index contributed by atoms with van der Waals surface area (Å²) in [6.45, 7) is 5.58. The summed E-state index contributed by atoms with van der Waals surface area (Å²) in [6.07, 6.45) is 0. The van der Waals surface area contributed by atoms with Gasteiger partial charge in [0.05, 0.1) is 6.54 Å². The summed E-state index contributed by atoms with van der Waals surface area (Å²) in [7, 11) is 1.54. The lowest BCUT2D eigenvalue weighted by Gasteiger charge is -2.15. The van der Waals surface area contributed by atoms with Gasteiger partial charge >= 0.3 is 0 Å². The fraction of sp³-hybridized carbons (Fsp3) is 0.278. The van der Waals surface area contributed by atoms with Crippen LogP contribution in [0.15, 0.2) is 30.3 Å². The van der Waals surface area contributed by atoms with E-state index in [9.17, 15) is 9.59 Å². The van der Waals surface area contributed by atoms with Gasteiger partial charge in [0.25, 0.3) is 11.7 Å². The highest BCUT2D eigenvalue weighted by molar-refractivity contribution is 5.97. The van der Waals surface area contributed by atoms with E-state index in [-0.39, 0.29) is 18.3 Å². The fourth-order valence-corrected chi connectivity index (χ4v) is 2.55. The maximum Gasteiger partial charge on any atom is 0.293 e. The number of nitrogens with one attached hydrogen (secondary N) is 1. The molecule has 0 aliphatic rings. The molecule has 8 nitrogen and oxygen atoms in total. The summed E-state index contributed by atoms with van der Waals surface area (Å²) in [5, 5.41) is 6.95. The topological polar surface area (TPSA) is 92.5 Å². The van der Waals surface area contributed by atoms with E-state index in [1.807, 2.05) is 51.1 Å². The highest BCUT2D eigenvalue weighted by atomic mass is 16.2. The maximum absolute atomic E-state index is 12.5. The van der Waals surface area contributed by atoms with Crippen molar-refractivity contribution in [3.63, 3.8) is 0 Å². The molecule has 2 aromatic heterocycles. The molecule has 0 radical (unpaired) electrons. The average molecular weight is 352 g/mol. The number of rotatable bonds is 4. The molecular formula is C18H20N6O2. The smallest absolute Gasteiger partial charge is 0.293 e. The number of nitrogens with zero attached hydrogens (tertiary/aromatic N) is 5. The molecule has 1 N–H and O–H groups in total. The number of amides is 2. The third kappa shape index (κ3) is 3.69. The van der Waals surface area contributed by atoms with Crippen LogP contribution in [0.1, 0.15) is 27.6 Å². The van der Waals surface area contributed by atoms with Crippen LogP contribution in [0, 0.1) is 20.8 Å². The van der Waals surface area contributed by atoms with Crippen LogP contribution in [-0.4, -0.2) is 49.9 Å².